The highest BCUT2D eigenvalue weighted by molar-refractivity contribution is 5.92. The second kappa shape index (κ2) is 8.17. The Bertz CT molecular complexity index is 961. The number of hydrogen-bond donors (Lipinski definition) is 1. The van der Waals surface area contributed by atoms with Gasteiger partial charge in [0.1, 0.15) is 6.04 Å². The first kappa shape index (κ1) is 19.8. The standard InChI is InChI=1S/C23H26N4O4/c28-20-8-4-7-18-16-9-17(13-26(12-16)23(30)19-11-24-14-31-19)21(27(18)20)22(29)25-10-15-5-2-1-3-6-15/h1-3,5-6,11,14,16-18,21H,4,7-10,12-13H2,(H,25,29)/t16-,17+,18-,21+/m0/s1. The number of piperidine rings is 3. The zero-order valence-corrected chi connectivity index (χ0v) is 17.3. The van der Waals surface area contributed by atoms with Gasteiger partial charge in [-0.2, -0.15) is 0 Å². The average Bonchev–Trinajstić information content (AvgIpc) is 3.33. The van der Waals surface area contributed by atoms with Crippen LogP contribution in [0.2, 0.25) is 0 Å². The molecule has 0 saturated carbocycles. The van der Waals surface area contributed by atoms with E-state index in [1.165, 1.54) is 12.6 Å². The Morgan fingerprint density at radius 2 is 1.97 bits per heavy atom. The van der Waals surface area contributed by atoms with Gasteiger partial charge in [0, 0.05) is 38.0 Å². The zero-order chi connectivity index (χ0) is 21.4. The number of fused-ring (bicyclic) bond motifs is 4. The van der Waals surface area contributed by atoms with Crippen molar-refractivity contribution < 1.29 is 18.8 Å². The van der Waals surface area contributed by atoms with Crippen molar-refractivity contribution >= 4 is 17.7 Å². The van der Waals surface area contributed by atoms with Crippen molar-refractivity contribution in [2.75, 3.05) is 13.1 Å². The van der Waals surface area contributed by atoms with Gasteiger partial charge in [0.15, 0.2) is 6.39 Å². The number of oxazole rings is 1. The van der Waals surface area contributed by atoms with E-state index in [2.05, 4.69) is 10.3 Å². The molecule has 3 aliphatic rings. The van der Waals surface area contributed by atoms with E-state index in [-0.39, 0.29) is 41.4 Å². The molecule has 1 aromatic carbocycles. The summed E-state index contributed by atoms with van der Waals surface area (Å²) in [6, 6.07) is 9.18. The number of carbonyl (C=O) groups is 3. The van der Waals surface area contributed by atoms with Crippen LogP contribution in [0.5, 0.6) is 0 Å². The molecule has 3 aliphatic heterocycles. The van der Waals surface area contributed by atoms with Crippen LogP contribution in [0.25, 0.3) is 0 Å². The van der Waals surface area contributed by atoms with Crippen LogP contribution in [0.1, 0.15) is 41.8 Å². The summed E-state index contributed by atoms with van der Waals surface area (Å²) < 4.78 is 5.21. The van der Waals surface area contributed by atoms with E-state index in [9.17, 15) is 14.4 Å². The predicted molar refractivity (Wildman–Crippen MR) is 111 cm³/mol. The average molecular weight is 422 g/mol. The molecule has 162 valence electrons. The number of hydrogen-bond acceptors (Lipinski definition) is 5. The van der Waals surface area contributed by atoms with Crippen LogP contribution in [0.4, 0.5) is 0 Å². The Morgan fingerprint density at radius 3 is 2.74 bits per heavy atom. The molecule has 0 aliphatic carbocycles. The highest BCUT2D eigenvalue weighted by Crippen LogP contribution is 2.42. The molecule has 2 aromatic rings. The SMILES string of the molecule is O=C(NCc1ccccc1)[C@H]1[C@@H]2C[C@@H](CN(C(=O)c3cnco3)C2)[C@@H]2CCCC(=O)N21. The van der Waals surface area contributed by atoms with Gasteiger partial charge in [-0.1, -0.05) is 30.3 Å². The van der Waals surface area contributed by atoms with E-state index in [4.69, 9.17) is 4.42 Å². The highest BCUT2D eigenvalue weighted by Gasteiger charge is 2.52. The Kier molecular flexibility index (Phi) is 5.21. The van der Waals surface area contributed by atoms with Gasteiger partial charge < -0.3 is 19.5 Å². The van der Waals surface area contributed by atoms with Crippen LogP contribution >= 0.6 is 0 Å². The molecule has 3 saturated heterocycles. The molecule has 8 heteroatoms. The molecule has 31 heavy (non-hydrogen) atoms. The van der Waals surface area contributed by atoms with Crippen molar-refractivity contribution in [3.63, 3.8) is 0 Å². The smallest absolute Gasteiger partial charge is 0.291 e. The minimum Gasteiger partial charge on any atom is -0.438 e. The molecule has 4 heterocycles. The molecule has 1 aromatic heterocycles. The van der Waals surface area contributed by atoms with Crippen LogP contribution < -0.4 is 5.32 Å². The lowest BCUT2D eigenvalue weighted by molar-refractivity contribution is -0.159. The number of likely N-dealkylation sites (tertiary alicyclic amines) is 1. The monoisotopic (exact) mass is 422 g/mol. The summed E-state index contributed by atoms with van der Waals surface area (Å²) in [7, 11) is 0. The Balaban J connectivity index is 1.39. The van der Waals surface area contributed by atoms with Crippen molar-refractivity contribution in [1.82, 2.24) is 20.1 Å². The first-order chi connectivity index (χ1) is 15.1. The number of nitrogens with one attached hydrogen (secondary N) is 1. The van der Waals surface area contributed by atoms with Gasteiger partial charge in [0.05, 0.1) is 6.20 Å². The quantitative estimate of drug-likeness (QED) is 0.811. The lowest BCUT2D eigenvalue weighted by Crippen LogP contribution is -2.68. The van der Waals surface area contributed by atoms with Gasteiger partial charge in [-0.05, 0) is 30.7 Å². The normalized spacial score (nSPS) is 27.5. The third-order valence-corrected chi connectivity index (χ3v) is 6.85. The van der Waals surface area contributed by atoms with E-state index in [1.54, 1.807) is 4.90 Å². The van der Waals surface area contributed by atoms with Gasteiger partial charge in [0.25, 0.3) is 5.91 Å². The van der Waals surface area contributed by atoms with Gasteiger partial charge in [0.2, 0.25) is 17.6 Å². The lowest BCUT2D eigenvalue weighted by atomic mass is 9.71. The number of amides is 3. The molecule has 3 amide bonds. The first-order valence-corrected chi connectivity index (χ1v) is 10.9. The Morgan fingerprint density at radius 1 is 1.16 bits per heavy atom. The van der Waals surface area contributed by atoms with Gasteiger partial charge in [-0.3, -0.25) is 14.4 Å². The topological polar surface area (TPSA) is 95.7 Å². The molecule has 8 nitrogen and oxygen atoms in total. The summed E-state index contributed by atoms with van der Waals surface area (Å²) >= 11 is 0. The fourth-order valence-electron chi connectivity index (χ4n) is 5.53. The molecule has 1 N–H and O–H groups in total. The van der Waals surface area contributed by atoms with Gasteiger partial charge in [-0.25, -0.2) is 4.98 Å². The van der Waals surface area contributed by atoms with Gasteiger partial charge in [-0.15, -0.1) is 0 Å². The first-order valence-electron chi connectivity index (χ1n) is 10.9. The highest BCUT2D eigenvalue weighted by atomic mass is 16.3. The van der Waals surface area contributed by atoms with Crippen LogP contribution in [0.15, 0.2) is 47.3 Å². The lowest BCUT2D eigenvalue weighted by Gasteiger charge is -2.55. The molecular weight excluding hydrogens is 396 g/mol. The van der Waals surface area contributed by atoms with Crippen LogP contribution in [-0.4, -0.2) is 57.7 Å². The number of rotatable bonds is 4. The molecule has 4 atom stereocenters. The molecule has 0 radical (unpaired) electrons. The molecular formula is C23H26N4O4. The maximum atomic E-state index is 13.3. The second-order valence-electron chi connectivity index (χ2n) is 8.74. The van der Waals surface area contributed by atoms with E-state index in [0.29, 0.717) is 26.1 Å². The maximum absolute atomic E-state index is 13.3. The zero-order valence-electron chi connectivity index (χ0n) is 17.3. The van der Waals surface area contributed by atoms with Crippen LogP contribution in [0, 0.1) is 11.8 Å². The Hall–Kier alpha value is -3.16. The molecule has 0 spiro atoms. The maximum Gasteiger partial charge on any atom is 0.291 e. The van der Waals surface area contributed by atoms with E-state index in [1.807, 2.05) is 35.2 Å². The molecule has 0 unspecified atom stereocenters. The number of nitrogens with zero attached hydrogens (tertiary/aromatic N) is 3. The summed E-state index contributed by atoms with van der Waals surface area (Å²) in [5, 5.41) is 3.03. The van der Waals surface area contributed by atoms with Crippen molar-refractivity contribution in [1.29, 1.82) is 0 Å². The molecule has 5 rings (SSSR count). The van der Waals surface area contributed by atoms with E-state index < -0.39 is 6.04 Å². The second-order valence-corrected chi connectivity index (χ2v) is 8.74. The summed E-state index contributed by atoms with van der Waals surface area (Å²) in [5.74, 6) is 0.00272. The Labute approximate surface area is 180 Å². The fourth-order valence-corrected chi connectivity index (χ4v) is 5.53. The number of carbonyl (C=O) groups excluding carboxylic acids is 3. The fraction of sp³-hybridized carbons (Fsp3) is 0.478. The third kappa shape index (κ3) is 3.71. The number of benzene rings is 1. The summed E-state index contributed by atoms with van der Waals surface area (Å²) in [4.78, 5) is 46.6. The summed E-state index contributed by atoms with van der Waals surface area (Å²) in [5.41, 5.74) is 1.01. The molecule has 3 fully saturated rings. The summed E-state index contributed by atoms with van der Waals surface area (Å²) in [6.07, 6.45) is 5.70. The van der Waals surface area contributed by atoms with Crippen molar-refractivity contribution in [2.45, 2.75) is 44.3 Å². The summed E-state index contributed by atoms with van der Waals surface area (Å²) in [6.45, 7) is 1.42. The largest absolute Gasteiger partial charge is 0.438 e. The van der Waals surface area contributed by atoms with Crippen molar-refractivity contribution in [3.8, 4) is 0 Å². The van der Waals surface area contributed by atoms with Crippen LogP contribution in [0.3, 0.4) is 0 Å². The minimum absolute atomic E-state index is 0.00435. The van der Waals surface area contributed by atoms with Crippen LogP contribution in [-0.2, 0) is 16.1 Å². The van der Waals surface area contributed by atoms with E-state index in [0.717, 1.165) is 24.8 Å². The molecule has 2 bridgehead atoms. The number of aromatic nitrogens is 1. The minimum atomic E-state index is -0.553. The van der Waals surface area contributed by atoms with E-state index >= 15 is 0 Å². The van der Waals surface area contributed by atoms with Gasteiger partial charge >= 0.3 is 0 Å². The van der Waals surface area contributed by atoms with Crippen molar-refractivity contribution in [2.24, 2.45) is 11.8 Å². The third-order valence-electron chi connectivity index (χ3n) is 6.85. The predicted octanol–water partition coefficient (Wildman–Crippen LogP) is 1.83. The van der Waals surface area contributed by atoms with Crippen molar-refractivity contribution in [3.05, 3.63) is 54.2 Å².